The van der Waals surface area contributed by atoms with Crippen LogP contribution in [0.3, 0.4) is 0 Å². The van der Waals surface area contributed by atoms with Crippen LogP contribution in [0, 0.1) is 0 Å². The van der Waals surface area contributed by atoms with E-state index in [1.165, 1.54) is 0 Å². The quantitative estimate of drug-likeness (QED) is 0.496. The normalized spacial score (nSPS) is 10.5. The lowest BCUT2D eigenvalue weighted by Gasteiger charge is -2.06. The molecule has 0 radical (unpaired) electrons. The van der Waals surface area contributed by atoms with Crippen LogP contribution in [-0.2, 0) is 0 Å². The van der Waals surface area contributed by atoms with Crippen molar-refractivity contribution in [2.75, 3.05) is 11.9 Å². The first-order valence-electron chi connectivity index (χ1n) is 6.32. The van der Waals surface area contributed by atoms with Crippen molar-refractivity contribution in [3.8, 4) is 5.75 Å². The maximum atomic E-state index is 11.8. The van der Waals surface area contributed by atoms with Gasteiger partial charge in [-0.15, -0.1) is 0 Å². The fourth-order valence-corrected chi connectivity index (χ4v) is 1.76. The third kappa shape index (κ3) is 4.68. The van der Waals surface area contributed by atoms with E-state index in [1.54, 1.807) is 30.7 Å². The number of nitrogens with one attached hydrogen (secondary N) is 1. The van der Waals surface area contributed by atoms with Gasteiger partial charge < -0.3 is 4.74 Å². The molecular weight excluding hydrogens is 334 g/mol. The van der Waals surface area contributed by atoms with Crippen LogP contribution < -0.4 is 10.2 Å². The molecule has 0 aliphatic carbocycles. The molecule has 0 fully saturated rings. The van der Waals surface area contributed by atoms with Crippen molar-refractivity contribution in [2.45, 2.75) is 0 Å². The van der Waals surface area contributed by atoms with Crippen LogP contribution in [0.2, 0.25) is 0 Å². The van der Waals surface area contributed by atoms with Gasteiger partial charge in [0.15, 0.2) is 0 Å². The number of benzene rings is 1. The molecule has 1 amide bonds. The van der Waals surface area contributed by atoms with Gasteiger partial charge in [-0.1, -0.05) is 28.1 Å². The van der Waals surface area contributed by atoms with Crippen molar-refractivity contribution >= 4 is 28.1 Å². The second-order valence-corrected chi connectivity index (χ2v) is 4.80. The van der Waals surface area contributed by atoms with Gasteiger partial charge >= 0.3 is 0 Å². The fraction of sp³-hybridized carbons (Fsp3) is 0.133. The Labute approximate surface area is 131 Å². The molecule has 1 aromatic carbocycles. The van der Waals surface area contributed by atoms with Gasteiger partial charge in [-0.05, 0) is 24.3 Å². The van der Waals surface area contributed by atoms with Crippen LogP contribution >= 0.6 is 15.9 Å². The van der Waals surface area contributed by atoms with Crippen LogP contribution in [0.1, 0.15) is 15.9 Å². The molecule has 2 aromatic rings. The Hall–Kier alpha value is -2.21. The summed E-state index contributed by atoms with van der Waals surface area (Å²) in [5.41, 5.74) is 3.77. The third-order valence-corrected chi connectivity index (χ3v) is 2.89. The van der Waals surface area contributed by atoms with E-state index in [-0.39, 0.29) is 5.91 Å². The number of halogens is 1. The van der Waals surface area contributed by atoms with Crippen molar-refractivity contribution in [3.05, 3.63) is 59.9 Å². The van der Waals surface area contributed by atoms with Crippen LogP contribution in [0.5, 0.6) is 5.75 Å². The molecule has 0 unspecified atom stereocenters. The van der Waals surface area contributed by atoms with Crippen molar-refractivity contribution in [1.29, 1.82) is 0 Å². The van der Waals surface area contributed by atoms with Crippen LogP contribution in [0.4, 0.5) is 0 Å². The number of rotatable bonds is 6. The van der Waals surface area contributed by atoms with E-state index in [0.29, 0.717) is 12.2 Å². The molecule has 0 atom stereocenters. The summed E-state index contributed by atoms with van der Waals surface area (Å²) >= 11 is 3.31. The number of alkyl halides is 1. The van der Waals surface area contributed by atoms with Crippen LogP contribution in [0.25, 0.3) is 0 Å². The molecule has 108 valence electrons. The first kappa shape index (κ1) is 15.2. The van der Waals surface area contributed by atoms with E-state index in [4.69, 9.17) is 4.74 Å². The Kier molecular flexibility index (Phi) is 5.90. The Morgan fingerprint density at radius 2 is 2.05 bits per heavy atom. The molecule has 5 nitrogen and oxygen atoms in total. The summed E-state index contributed by atoms with van der Waals surface area (Å²) in [5.74, 6) is 0.436. The van der Waals surface area contributed by atoms with E-state index < -0.39 is 0 Å². The van der Waals surface area contributed by atoms with Gasteiger partial charge in [0.1, 0.15) is 5.75 Å². The van der Waals surface area contributed by atoms with Crippen molar-refractivity contribution < 1.29 is 9.53 Å². The smallest absolute Gasteiger partial charge is 0.271 e. The number of aromatic nitrogens is 1. The number of ether oxygens (including phenoxy) is 1. The summed E-state index contributed by atoms with van der Waals surface area (Å²) in [6, 6.07) is 10.7. The van der Waals surface area contributed by atoms with E-state index >= 15 is 0 Å². The second kappa shape index (κ2) is 8.16. The molecule has 0 aliphatic rings. The highest BCUT2D eigenvalue weighted by molar-refractivity contribution is 9.09. The summed E-state index contributed by atoms with van der Waals surface area (Å²) in [5, 5.41) is 4.70. The Morgan fingerprint density at radius 3 is 2.81 bits per heavy atom. The molecule has 0 saturated carbocycles. The van der Waals surface area contributed by atoms with Gasteiger partial charge in [0.2, 0.25) is 0 Å². The lowest BCUT2D eigenvalue weighted by Crippen LogP contribution is -2.17. The van der Waals surface area contributed by atoms with Crippen molar-refractivity contribution in [3.63, 3.8) is 0 Å². The summed E-state index contributed by atoms with van der Waals surface area (Å²) in [4.78, 5) is 15.7. The monoisotopic (exact) mass is 347 g/mol. The van der Waals surface area contributed by atoms with Crippen molar-refractivity contribution in [1.82, 2.24) is 10.4 Å². The molecule has 21 heavy (non-hydrogen) atoms. The number of hydrogen-bond donors (Lipinski definition) is 1. The summed E-state index contributed by atoms with van der Waals surface area (Å²) in [6.07, 6.45) is 4.67. The molecule has 0 bridgehead atoms. The lowest BCUT2D eigenvalue weighted by atomic mass is 10.2. The van der Waals surface area contributed by atoms with E-state index in [2.05, 4.69) is 31.4 Å². The fourth-order valence-electron chi connectivity index (χ4n) is 1.60. The predicted molar refractivity (Wildman–Crippen MR) is 85.0 cm³/mol. The second-order valence-electron chi connectivity index (χ2n) is 4.01. The highest BCUT2D eigenvalue weighted by Gasteiger charge is 2.03. The molecule has 1 N–H and O–H groups in total. The maximum Gasteiger partial charge on any atom is 0.271 e. The standard InChI is InChI=1S/C15H14BrN3O2/c16-7-10-21-14-4-2-1-3-13(14)11-18-19-15(20)12-5-8-17-9-6-12/h1-6,8-9,11H,7,10H2,(H,19,20). The Bertz CT molecular complexity index is 617. The van der Waals surface area contributed by atoms with E-state index in [9.17, 15) is 4.79 Å². The average molecular weight is 348 g/mol. The Morgan fingerprint density at radius 1 is 1.29 bits per heavy atom. The zero-order chi connectivity index (χ0) is 14.9. The highest BCUT2D eigenvalue weighted by Crippen LogP contribution is 2.15. The van der Waals surface area contributed by atoms with Gasteiger partial charge in [-0.2, -0.15) is 5.10 Å². The number of carbonyl (C=O) groups is 1. The van der Waals surface area contributed by atoms with Crippen LogP contribution in [-0.4, -0.2) is 29.0 Å². The van der Waals surface area contributed by atoms with E-state index in [1.807, 2.05) is 24.3 Å². The average Bonchev–Trinajstić information content (AvgIpc) is 2.54. The number of para-hydroxylation sites is 1. The predicted octanol–water partition coefficient (Wildman–Crippen LogP) is 2.62. The summed E-state index contributed by atoms with van der Waals surface area (Å²) < 4.78 is 5.57. The topological polar surface area (TPSA) is 63.6 Å². The molecule has 0 spiro atoms. The molecule has 0 saturated heterocycles. The first-order valence-corrected chi connectivity index (χ1v) is 7.44. The highest BCUT2D eigenvalue weighted by atomic mass is 79.9. The minimum Gasteiger partial charge on any atom is -0.492 e. The SMILES string of the molecule is O=C(NN=Cc1ccccc1OCCBr)c1ccncc1. The zero-order valence-corrected chi connectivity index (χ0v) is 12.8. The number of hydrogen-bond acceptors (Lipinski definition) is 4. The first-order chi connectivity index (χ1) is 10.3. The minimum absolute atomic E-state index is 0.285. The van der Waals surface area contributed by atoms with Crippen molar-refractivity contribution in [2.24, 2.45) is 5.10 Å². The van der Waals surface area contributed by atoms with Gasteiger partial charge in [0.05, 0.1) is 12.8 Å². The third-order valence-electron chi connectivity index (χ3n) is 2.57. The van der Waals surface area contributed by atoms with Gasteiger partial charge in [-0.25, -0.2) is 5.43 Å². The molecule has 1 heterocycles. The molecule has 1 aromatic heterocycles. The molecule has 0 aliphatic heterocycles. The largest absolute Gasteiger partial charge is 0.492 e. The number of carbonyl (C=O) groups excluding carboxylic acids is 1. The Balaban J connectivity index is 2.00. The zero-order valence-electron chi connectivity index (χ0n) is 11.2. The molecule has 6 heteroatoms. The number of amides is 1. The summed E-state index contributed by atoms with van der Waals surface area (Å²) in [6.45, 7) is 0.564. The summed E-state index contributed by atoms with van der Waals surface area (Å²) in [7, 11) is 0. The minimum atomic E-state index is -0.285. The van der Waals surface area contributed by atoms with Crippen LogP contribution in [0.15, 0.2) is 53.9 Å². The van der Waals surface area contributed by atoms with Gasteiger partial charge in [0.25, 0.3) is 5.91 Å². The number of pyridine rings is 1. The lowest BCUT2D eigenvalue weighted by molar-refractivity contribution is 0.0955. The van der Waals surface area contributed by atoms with E-state index in [0.717, 1.165) is 16.6 Å². The van der Waals surface area contributed by atoms with Gasteiger partial charge in [0, 0.05) is 28.9 Å². The van der Waals surface area contributed by atoms with Gasteiger partial charge in [-0.3, -0.25) is 9.78 Å². The number of hydrazone groups is 1. The molecular formula is C15H14BrN3O2. The molecule has 2 rings (SSSR count). The number of nitrogens with zero attached hydrogens (tertiary/aromatic N) is 2. The maximum absolute atomic E-state index is 11.8.